The van der Waals surface area contributed by atoms with Gasteiger partial charge in [-0.3, -0.25) is 9.79 Å². The molecule has 4 N–H and O–H groups in total. The first-order chi connectivity index (χ1) is 13.4. The third-order valence-electron chi connectivity index (χ3n) is 3.92. The van der Waals surface area contributed by atoms with Gasteiger partial charge >= 0.3 is 0 Å². The molecule has 7 nitrogen and oxygen atoms in total. The lowest BCUT2D eigenvalue weighted by Gasteiger charge is -2.26. The number of likely N-dealkylation sites (N-methyl/N-ethyl adjacent to an activating group) is 2. The molecular formula is C21H36N6O. The van der Waals surface area contributed by atoms with Crippen LogP contribution in [0.3, 0.4) is 0 Å². The second kappa shape index (κ2) is 15.1. The molecule has 28 heavy (non-hydrogen) atoms. The molecule has 0 fully saturated rings. The summed E-state index contributed by atoms with van der Waals surface area (Å²) in [4.78, 5) is 20.2. The fourth-order valence-corrected chi connectivity index (χ4v) is 2.00. The number of nitrogens with one attached hydrogen (secondary N) is 2. The second-order valence-corrected chi connectivity index (χ2v) is 6.13. The predicted octanol–water partition coefficient (Wildman–Crippen LogP) is 2.30. The van der Waals surface area contributed by atoms with Crippen LogP contribution in [0.1, 0.15) is 27.2 Å². The molecule has 156 valence electrons. The minimum Gasteiger partial charge on any atom is -0.387 e. The van der Waals surface area contributed by atoms with Crippen molar-refractivity contribution in [1.82, 2.24) is 20.4 Å². The van der Waals surface area contributed by atoms with Crippen LogP contribution in [0, 0.1) is 0 Å². The predicted molar refractivity (Wildman–Crippen MR) is 119 cm³/mol. The number of hydrogen-bond acceptors (Lipinski definition) is 6. The Balaban J connectivity index is 5.07. The number of hydrogen-bond donors (Lipinski definition) is 3. The summed E-state index contributed by atoms with van der Waals surface area (Å²) in [5.74, 6) is 0.409. The number of carbonyl (C=O) groups is 1. The molecule has 0 aliphatic heterocycles. The molecule has 0 bridgehead atoms. The van der Waals surface area contributed by atoms with Crippen molar-refractivity contribution in [3.8, 4) is 0 Å². The molecule has 0 heterocycles. The number of nitrogens with two attached hydrogens (primary N) is 1. The summed E-state index contributed by atoms with van der Waals surface area (Å²) in [5.41, 5.74) is 7.71. The molecular weight excluding hydrogens is 352 g/mol. The lowest BCUT2D eigenvalue weighted by molar-refractivity contribution is -0.115. The van der Waals surface area contributed by atoms with E-state index in [2.05, 4.69) is 34.0 Å². The number of rotatable bonds is 13. The third kappa shape index (κ3) is 10.9. The molecule has 0 aromatic carbocycles. The van der Waals surface area contributed by atoms with Crippen molar-refractivity contribution in [1.29, 1.82) is 0 Å². The molecule has 0 unspecified atom stereocenters. The summed E-state index contributed by atoms with van der Waals surface area (Å²) in [7, 11) is 3.91. The summed E-state index contributed by atoms with van der Waals surface area (Å²) in [6.45, 7) is 11.6. The number of amides is 1. The molecule has 0 aliphatic carbocycles. The number of carbonyl (C=O) groups excluding carboxylic acids is 1. The van der Waals surface area contributed by atoms with Crippen molar-refractivity contribution in [3.05, 3.63) is 60.5 Å². The van der Waals surface area contributed by atoms with Crippen LogP contribution in [0.5, 0.6) is 0 Å². The number of nitrogens with zero attached hydrogens (tertiary/aromatic N) is 3. The first-order valence-electron chi connectivity index (χ1n) is 9.42. The lowest BCUT2D eigenvalue weighted by atomic mass is 10.2. The zero-order chi connectivity index (χ0) is 21.4. The fourth-order valence-electron chi connectivity index (χ4n) is 2.00. The van der Waals surface area contributed by atoms with Crippen molar-refractivity contribution in [3.63, 3.8) is 0 Å². The van der Waals surface area contributed by atoms with Gasteiger partial charge in [0, 0.05) is 57.9 Å². The van der Waals surface area contributed by atoms with E-state index in [1.54, 1.807) is 24.7 Å². The Morgan fingerprint density at radius 3 is 2.50 bits per heavy atom. The quantitative estimate of drug-likeness (QED) is 0.148. The average Bonchev–Trinajstić information content (AvgIpc) is 2.69. The second-order valence-electron chi connectivity index (χ2n) is 6.13. The normalized spacial score (nSPS) is 13.1. The Kier molecular flexibility index (Phi) is 13.5. The van der Waals surface area contributed by atoms with Crippen LogP contribution in [-0.2, 0) is 4.79 Å². The van der Waals surface area contributed by atoms with E-state index in [-0.39, 0.29) is 5.91 Å². The average molecular weight is 389 g/mol. The van der Waals surface area contributed by atoms with Gasteiger partial charge in [-0.05, 0) is 26.3 Å². The van der Waals surface area contributed by atoms with E-state index >= 15 is 0 Å². The van der Waals surface area contributed by atoms with Crippen molar-refractivity contribution in [2.75, 3.05) is 33.7 Å². The Morgan fingerprint density at radius 1 is 1.21 bits per heavy atom. The molecule has 0 aromatic rings. The molecule has 0 radical (unpaired) electrons. The summed E-state index contributed by atoms with van der Waals surface area (Å²) in [6, 6.07) is 0. The molecule has 0 rings (SSSR count). The van der Waals surface area contributed by atoms with Crippen molar-refractivity contribution in [2.45, 2.75) is 27.2 Å². The zero-order valence-electron chi connectivity index (χ0n) is 17.9. The minimum atomic E-state index is -0.193. The van der Waals surface area contributed by atoms with E-state index in [9.17, 15) is 4.79 Å². The molecule has 0 spiro atoms. The highest BCUT2D eigenvalue weighted by molar-refractivity contribution is 5.89. The maximum absolute atomic E-state index is 12.2. The molecule has 0 saturated carbocycles. The van der Waals surface area contributed by atoms with Crippen molar-refractivity contribution < 1.29 is 4.79 Å². The lowest BCUT2D eigenvalue weighted by Crippen LogP contribution is -2.33. The largest absolute Gasteiger partial charge is 0.387 e. The van der Waals surface area contributed by atoms with Crippen LogP contribution < -0.4 is 16.4 Å². The fraction of sp³-hybridized carbons (Fsp3) is 0.429. The van der Waals surface area contributed by atoms with Gasteiger partial charge in [0.05, 0.1) is 11.9 Å². The Morgan fingerprint density at radius 2 is 1.89 bits per heavy atom. The van der Waals surface area contributed by atoms with Crippen LogP contribution in [-0.4, -0.2) is 55.7 Å². The van der Waals surface area contributed by atoms with Gasteiger partial charge in [-0.25, -0.2) is 0 Å². The summed E-state index contributed by atoms with van der Waals surface area (Å²) in [6.07, 6.45) is 13.0. The van der Waals surface area contributed by atoms with Gasteiger partial charge in [0.2, 0.25) is 5.91 Å². The van der Waals surface area contributed by atoms with Crippen LogP contribution >= 0.6 is 0 Å². The maximum atomic E-state index is 12.2. The van der Waals surface area contributed by atoms with Gasteiger partial charge < -0.3 is 26.2 Å². The Bertz CT molecular complexity index is 631. The topological polar surface area (TPSA) is 86.0 Å². The van der Waals surface area contributed by atoms with E-state index in [0.717, 1.165) is 30.9 Å². The van der Waals surface area contributed by atoms with E-state index in [1.165, 1.54) is 6.08 Å². The van der Waals surface area contributed by atoms with Crippen LogP contribution in [0.4, 0.5) is 0 Å². The summed E-state index contributed by atoms with van der Waals surface area (Å²) >= 11 is 0. The number of allylic oxidation sites excluding steroid dienone is 3. The first-order valence-corrected chi connectivity index (χ1v) is 9.42. The monoisotopic (exact) mass is 388 g/mol. The van der Waals surface area contributed by atoms with Crippen molar-refractivity contribution in [2.24, 2.45) is 10.7 Å². The highest BCUT2D eigenvalue weighted by Crippen LogP contribution is 2.09. The minimum absolute atomic E-state index is 0.193. The summed E-state index contributed by atoms with van der Waals surface area (Å²) in [5, 5.41) is 5.89. The smallest absolute Gasteiger partial charge is 0.249 e. The van der Waals surface area contributed by atoms with Crippen LogP contribution in [0.2, 0.25) is 0 Å². The highest BCUT2D eigenvalue weighted by Gasteiger charge is 2.09. The van der Waals surface area contributed by atoms with E-state index < -0.39 is 0 Å². The van der Waals surface area contributed by atoms with Gasteiger partial charge in [-0.1, -0.05) is 19.1 Å². The zero-order valence-corrected chi connectivity index (χ0v) is 17.9. The SMILES string of the molecule is C=CCN/C=C/C(=O)NC(/C=C\CC)=C(/C)N(C)CCN(C)/C(N)=C/N=CC. The molecule has 0 aliphatic rings. The summed E-state index contributed by atoms with van der Waals surface area (Å²) < 4.78 is 0. The van der Waals surface area contributed by atoms with Gasteiger partial charge in [0.15, 0.2) is 0 Å². The van der Waals surface area contributed by atoms with E-state index in [1.807, 2.05) is 45.0 Å². The van der Waals surface area contributed by atoms with Gasteiger partial charge in [0.25, 0.3) is 0 Å². The molecule has 7 heteroatoms. The molecule has 1 amide bonds. The highest BCUT2D eigenvalue weighted by atomic mass is 16.1. The van der Waals surface area contributed by atoms with Crippen LogP contribution in [0.25, 0.3) is 0 Å². The van der Waals surface area contributed by atoms with E-state index in [0.29, 0.717) is 12.4 Å². The Labute approximate surface area is 170 Å². The number of aliphatic imine (C=N–C) groups is 1. The maximum Gasteiger partial charge on any atom is 0.249 e. The standard InChI is InChI=1S/C21H36N6O/c1-7-10-11-19(25-21(28)12-14-24-13-8-2)18(4)26(5)15-16-27(6)20(22)17-23-9-3/h8-12,14,17,24H,2,7,13,15-16,22H2,1,3-6H3,(H,25,28)/b11-10-,14-12+,19-18-,20-17+,23-9?. The first kappa shape index (κ1) is 25.0. The molecule has 0 saturated heterocycles. The van der Waals surface area contributed by atoms with E-state index in [4.69, 9.17) is 5.73 Å². The van der Waals surface area contributed by atoms with Gasteiger partial charge in [0.1, 0.15) is 5.82 Å². The third-order valence-corrected chi connectivity index (χ3v) is 3.92. The Hall–Kier alpha value is -2.96. The molecule has 0 atom stereocenters. The van der Waals surface area contributed by atoms with Gasteiger partial charge in [-0.15, -0.1) is 6.58 Å². The molecule has 0 aromatic heterocycles. The van der Waals surface area contributed by atoms with Crippen molar-refractivity contribution >= 4 is 12.1 Å². The van der Waals surface area contributed by atoms with Gasteiger partial charge in [-0.2, -0.15) is 0 Å². The van der Waals surface area contributed by atoms with Crippen LogP contribution in [0.15, 0.2) is 65.5 Å².